The minimum absolute atomic E-state index is 0.109. The van der Waals surface area contributed by atoms with Crippen molar-refractivity contribution in [3.8, 4) is 0 Å². The van der Waals surface area contributed by atoms with Crippen molar-refractivity contribution in [1.82, 2.24) is 10.2 Å². The average Bonchev–Trinajstić information content (AvgIpc) is 3.04. The number of carbonyl (C=O) groups excluding carboxylic acids is 2. The molecule has 5 nitrogen and oxygen atoms in total. The minimum Gasteiger partial charge on any atom is -0.393 e. The quantitative estimate of drug-likeness (QED) is 0.831. The van der Waals surface area contributed by atoms with Gasteiger partial charge in [0, 0.05) is 25.4 Å². The van der Waals surface area contributed by atoms with E-state index in [1.54, 1.807) is 0 Å². The molecule has 0 bridgehead atoms. The average molecular weight is 336 g/mol. The zero-order valence-corrected chi connectivity index (χ0v) is 14.9. The van der Waals surface area contributed by atoms with Gasteiger partial charge >= 0.3 is 0 Å². The molecule has 3 fully saturated rings. The molecule has 1 heterocycles. The van der Waals surface area contributed by atoms with Crippen LogP contribution in [0.25, 0.3) is 0 Å². The summed E-state index contributed by atoms with van der Waals surface area (Å²) in [5.41, 5.74) is -0.702. The molecule has 24 heavy (non-hydrogen) atoms. The van der Waals surface area contributed by atoms with Crippen LogP contribution in [-0.2, 0) is 9.59 Å². The largest absolute Gasteiger partial charge is 0.393 e. The summed E-state index contributed by atoms with van der Waals surface area (Å²) < 4.78 is 0. The van der Waals surface area contributed by atoms with E-state index in [9.17, 15) is 14.7 Å². The van der Waals surface area contributed by atoms with Crippen LogP contribution in [0.1, 0.15) is 77.6 Å². The molecule has 2 aliphatic carbocycles. The molecule has 1 aliphatic heterocycles. The molecule has 0 radical (unpaired) electrons. The van der Waals surface area contributed by atoms with E-state index in [1.165, 1.54) is 6.92 Å². The second kappa shape index (κ2) is 7.42. The van der Waals surface area contributed by atoms with Crippen molar-refractivity contribution in [3.63, 3.8) is 0 Å². The van der Waals surface area contributed by atoms with E-state index in [1.807, 2.05) is 4.90 Å². The molecule has 1 saturated heterocycles. The molecule has 2 saturated carbocycles. The van der Waals surface area contributed by atoms with Crippen molar-refractivity contribution in [2.45, 2.75) is 95.2 Å². The number of nitrogens with zero attached hydrogens (tertiary/aromatic N) is 1. The van der Waals surface area contributed by atoms with Gasteiger partial charge in [0.25, 0.3) is 0 Å². The summed E-state index contributed by atoms with van der Waals surface area (Å²) in [6.45, 7) is 2.28. The van der Waals surface area contributed by atoms with Crippen molar-refractivity contribution in [3.05, 3.63) is 0 Å². The summed E-state index contributed by atoms with van der Waals surface area (Å²) in [5.74, 6) is 0.208. The summed E-state index contributed by atoms with van der Waals surface area (Å²) in [4.78, 5) is 27.2. The third-order valence-corrected chi connectivity index (χ3v) is 6.37. The first-order chi connectivity index (χ1) is 11.5. The van der Waals surface area contributed by atoms with Crippen molar-refractivity contribution in [2.75, 3.05) is 6.54 Å². The Hall–Kier alpha value is -1.10. The molecule has 3 atom stereocenters. The summed E-state index contributed by atoms with van der Waals surface area (Å²) in [6, 6.07) is 0.153. The van der Waals surface area contributed by atoms with E-state index in [-0.39, 0.29) is 29.9 Å². The van der Waals surface area contributed by atoms with Crippen LogP contribution in [0.4, 0.5) is 0 Å². The maximum atomic E-state index is 13.4. The van der Waals surface area contributed by atoms with E-state index in [4.69, 9.17) is 0 Å². The third kappa shape index (κ3) is 3.46. The fourth-order valence-electron chi connectivity index (χ4n) is 5.24. The first kappa shape index (κ1) is 17.7. The maximum Gasteiger partial charge on any atom is 0.248 e. The second-order valence-corrected chi connectivity index (χ2v) is 8.05. The molecular formula is C19H32N2O3. The van der Waals surface area contributed by atoms with Crippen LogP contribution in [0.2, 0.25) is 0 Å². The van der Waals surface area contributed by atoms with Gasteiger partial charge in [0.1, 0.15) is 5.54 Å². The number of hydrogen-bond donors (Lipinski definition) is 2. The zero-order valence-electron chi connectivity index (χ0n) is 14.9. The number of aliphatic hydroxyl groups is 1. The topological polar surface area (TPSA) is 69.6 Å². The Labute approximate surface area is 145 Å². The molecule has 5 heteroatoms. The monoisotopic (exact) mass is 336 g/mol. The molecular weight excluding hydrogens is 304 g/mol. The Bertz CT molecular complexity index is 473. The third-order valence-electron chi connectivity index (χ3n) is 6.37. The van der Waals surface area contributed by atoms with Crippen LogP contribution in [0.5, 0.6) is 0 Å². The molecule has 0 aromatic rings. The highest BCUT2D eigenvalue weighted by Gasteiger charge is 2.47. The lowest BCUT2D eigenvalue weighted by Crippen LogP contribution is -2.62. The Morgan fingerprint density at radius 2 is 1.71 bits per heavy atom. The minimum atomic E-state index is -0.702. The maximum absolute atomic E-state index is 13.4. The van der Waals surface area contributed by atoms with Crippen LogP contribution < -0.4 is 5.32 Å². The molecule has 0 spiro atoms. The van der Waals surface area contributed by atoms with Gasteiger partial charge in [-0.05, 0) is 38.5 Å². The van der Waals surface area contributed by atoms with Crippen LogP contribution in [-0.4, -0.2) is 46.1 Å². The lowest BCUT2D eigenvalue weighted by Gasteiger charge is -2.43. The standard InChI is InChI=1S/C19H32N2O3/c1-14(22)20-19(11-5-2-6-12-19)18(24)21-13-7-9-16(21)15-8-3-4-10-17(15)23/h15-17,23H,2-13H2,1H3,(H,20,22). The molecule has 3 aliphatic rings. The summed E-state index contributed by atoms with van der Waals surface area (Å²) in [6.07, 6.45) is 10.5. The van der Waals surface area contributed by atoms with E-state index >= 15 is 0 Å². The van der Waals surface area contributed by atoms with Gasteiger partial charge in [-0.3, -0.25) is 9.59 Å². The van der Waals surface area contributed by atoms with E-state index < -0.39 is 5.54 Å². The first-order valence-electron chi connectivity index (χ1n) is 9.81. The lowest BCUT2D eigenvalue weighted by molar-refractivity contribution is -0.146. The van der Waals surface area contributed by atoms with Crippen LogP contribution >= 0.6 is 0 Å². The van der Waals surface area contributed by atoms with E-state index in [2.05, 4.69) is 5.32 Å². The number of aliphatic hydroxyl groups excluding tert-OH is 1. The molecule has 2 amide bonds. The second-order valence-electron chi connectivity index (χ2n) is 8.05. The Morgan fingerprint density at radius 3 is 2.38 bits per heavy atom. The van der Waals surface area contributed by atoms with Gasteiger partial charge < -0.3 is 15.3 Å². The number of rotatable bonds is 3. The highest BCUT2D eigenvalue weighted by atomic mass is 16.3. The molecule has 0 aromatic heterocycles. The zero-order chi connectivity index (χ0) is 17.2. The highest BCUT2D eigenvalue weighted by molar-refractivity contribution is 5.91. The number of nitrogens with one attached hydrogen (secondary N) is 1. The fraction of sp³-hybridized carbons (Fsp3) is 0.895. The number of hydrogen-bond acceptors (Lipinski definition) is 3. The number of amides is 2. The SMILES string of the molecule is CC(=O)NC1(C(=O)N2CCCC2C2CCCCC2O)CCCCC1. The molecule has 2 N–H and O–H groups in total. The highest BCUT2D eigenvalue weighted by Crippen LogP contribution is 2.38. The Morgan fingerprint density at radius 1 is 1.00 bits per heavy atom. The number of likely N-dealkylation sites (tertiary alicyclic amines) is 1. The van der Waals surface area contributed by atoms with Crippen molar-refractivity contribution in [2.24, 2.45) is 5.92 Å². The normalized spacial score (nSPS) is 33.2. The summed E-state index contributed by atoms with van der Waals surface area (Å²) in [7, 11) is 0. The van der Waals surface area contributed by atoms with Crippen LogP contribution in [0, 0.1) is 5.92 Å². The van der Waals surface area contributed by atoms with Crippen LogP contribution in [0.15, 0.2) is 0 Å². The van der Waals surface area contributed by atoms with Crippen LogP contribution in [0.3, 0.4) is 0 Å². The van der Waals surface area contributed by atoms with Gasteiger partial charge in [0.2, 0.25) is 11.8 Å². The van der Waals surface area contributed by atoms with Gasteiger partial charge in [-0.15, -0.1) is 0 Å². The predicted octanol–water partition coefficient (Wildman–Crippen LogP) is 2.37. The Kier molecular flexibility index (Phi) is 5.48. The van der Waals surface area contributed by atoms with Crippen molar-refractivity contribution in [1.29, 1.82) is 0 Å². The smallest absolute Gasteiger partial charge is 0.248 e. The van der Waals surface area contributed by atoms with Gasteiger partial charge in [0.15, 0.2) is 0 Å². The fourth-order valence-corrected chi connectivity index (χ4v) is 5.24. The van der Waals surface area contributed by atoms with E-state index in [0.717, 1.165) is 77.2 Å². The van der Waals surface area contributed by atoms with Gasteiger partial charge in [0.05, 0.1) is 6.10 Å². The molecule has 3 unspecified atom stereocenters. The van der Waals surface area contributed by atoms with Crippen molar-refractivity contribution >= 4 is 11.8 Å². The van der Waals surface area contributed by atoms with Crippen molar-refractivity contribution < 1.29 is 14.7 Å². The number of carbonyl (C=O) groups is 2. The Balaban J connectivity index is 1.79. The van der Waals surface area contributed by atoms with Gasteiger partial charge in [-0.1, -0.05) is 32.1 Å². The predicted molar refractivity (Wildman–Crippen MR) is 92.3 cm³/mol. The summed E-state index contributed by atoms with van der Waals surface area (Å²) in [5, 5.41) is 13.5. The molecule has 136 valence electrons. The van der Waals surface area contributed by atoms with Gasteiger partial charge in [-0.2, -0.15) is 0 Å². The molecule has 0 aromatic carbocycles. The van der Waals surface area contributed by atoms with E-state index in [0.29, 0.717) is 0 Å². The molecule has 3 rings (SSSR count). The first-order valence-corrected chi connectivity index (χ1v) is 9.81. The summed E-state index contributed by atoms with van der Waals surface area (Å²) >= 11 is 0. The van der Waals surface area contributed by atoms with Gasteiger partial charge in [-0.25, -0.2) is 0 Å². The lowest BCUT2D eigenvalue weighted by atomic mass is 9.78.